The molecule has 0 atom stereocenters. The third-order valence-electron chi connectivity index (χ3n) is 2.42. The summed E-state index contributed by atoms with van der Waals surface area (Å²) in [7, 11) is 0. The van der Waals surface area contributed by atoms with Crippen LogP contribution in [0.5, 0.6) is 0 Å². The van der Waals surface area contributed by atoms with E-state index in [1.165, 1.54) is 6.07 Å². The van der Waals surface area contributed by atoms with E-state index < -0.39 is 0 Å². The van der Waals surface area contributed by atoms with Gasteiger partial charge in [-0.25, -0.2) is 4.39 Å². The molecule has 0 saturated carbocycles. The Morgan fingerprint density at radius 1 is 1.24 bits per heavy atom. The van der Waals surface area contributed by atoms with Crippen molar-refractivity contribution in [3.05, 3.63) is 53.7 Å². The van der Waals surface area contributed by atoms with E-state index in [0.29, 0.717) is 24.3 Å². The number of furan rings is 1. The second kappa shape index (κ2) is 5.89. The van der Waals surface area contributed by atoms with Gasteiger partial charge in [0.05, 0.1) is 12.0 Å². The predicted octanol–water partition coefficient (Wildman–Crippen LogP) is 3.21. The molecule has 90 valence electrons. The molecular weight excluding hydrogens is 237 g/mol. The average Bonchev–Trinajstić information content (AvgIpc) is 2.83. The Hall–Kier alpha value is -1.26. The minimum Gasteiger partial charge on any atom is -0.468 e. The zero-order valence-corrected chi connectivity index (χ0v) is 10.2. The van der Waals surface area contributed by atoms with E-state index in [9.17, 15) is 4.39 Å². The molecule has 0 spiro atoms. The van der Waals surface area contributed by atoms with Gasteiger partial charge in [0.25, 0.3) is 0 Å². The van der Waals surface area contributed by atoms with Gasteiger partial charge in [0.2, 0.25) is 0 Å². The zero-order chi connectivity index (χ0) is 12.1. The number of thioether (sulfide) groups is 1. The van der Waals surface area contributed by atoms with Crippen LogP contribution in [0.1, 0.15) is 11.3 Å². The highest BCUT2D eigenvalue weighted by molar-refractivity contribution is 7.98. The molecule has 0 unspecified atom stereocenters. The van der Waals surface area contributed by atoms with Gasteiger partial charge >= 0.3 is 0 Å². The highest BCUT2D eigenvalue weighted by Gasteiger charge is 2.08. The summed E-state index contributed by atoms with van der Waals surface area (Å²) in [5, 5.41) is 0. The van der Waals surface area contributed by atoms with Crippen molar-refractivity contribution in [2.24, 2.45) is 5.73 Å². The van der Waals surface area contributed by atoms with Crippen molar-refractivity contribution in [3.63, 3.8) is 0 Å². The first-order chi connectivity index (χ1) is 8.31. The molecule has 0 aliphatic carbocycles. The number of hydrogen-bond donors (Lipinski definition) is 1. The van der Waals surface area contributed by atoms with Crippen LogP contribution < -0.4 is 5.73 Å². The van der Waals surface area contributed by atoms with Crippen molar-refractivity contribution < 1.29 is 8.81 Å². The summed E-state index contributed by atoms with van der Waals surface area (Å²) in [4.78, 5) is 0.937. The van der Waals surface area contributed by atoms with Gasteiger partial charge in [-0.05, 0) is 37.2 Å². The topological polar surface area (TPSA) is 39.2 Å². The number of hydrogen-bond acceptors (Lipinski definition) is 3. The number of nitrogens with two attached hydrogens (primary N) is 1. The Morgan fingerprint density at radius 2 is 2.12 bits per heavy atom. The fourth-order valence-electron chi connectivity index (χ4n) is 1.60. The quantitative estimate of drug-likeness (QED) is 0.829. The fraction of sp³-hybridized carbons (Fsp3) is 0.231. The van der Waals surface area contributed by atoms with Crippen molar-refractivity contribution >= 4 is 11.8 Å². The lowest BCUT2D eigenvalue weighted by Gasteiger charge is -2.08. The molecule has 17 heavy (non-hydrogen) atoms. The number of halogens is 1. The van der Waals surface area contributed by atoms with Gasteiger partial charge in [0, 0.05) is 10.5 Å². The maximum absolute atomic E-state index is 13.6. The Labute approximate surface area is 104 Å². The molecule has 2 rings (SSSR count). The molecular formula is C13H14FNOS. The molecule has 1 aromatic heterocycles. The lowest BCUT2D eigenvalue weighted by molar-refractivity contribution is 0.530. The summed E-state index contributed by atoms with van der Waals surface area (Å²) in [5.74, 6) is 1.41. The minimum absolute atomic E-state index is 0.181. The van der Waals surface area contributed by atoms with E-state index in [-0.39, 0.29) is 5.82 Å². The molecule has 2 nitrogen and oxygen atoms in total. The summed E-state index contributed by atoms with van der Waals surface area (Å²) < 4.78 is 18.9. The summed E-state index contributed by atoms with van der Waals surface area (Å²) in [6.45, 7) is 0.454. The van der Waals surface area contributed by atoms with E-state index in [4.69, 9.17) is 10.2 Å². The zero-order valence-electron chi connectivity index (χ0n) is 9.36. The second-order valence-electron chi connectivity index (χ2n) is 3.62. The molecule has 0 saturated heterocycles. The Balaban J connectivity index is 2.11. The second-order valence-corrected chi connectivity index (χ2v) is 4.64. The summed E-state index contributed by atoms with van der Waals surface area (Å²) >= 11 is 1.57. The third-order valence-corrected chi connectivity index (χ3v) is 3.54. The van der Waals surface area contributed by atoms with Crippen molar-refractivity contribution in [2.75, 3.05) is 6.54 Å². The van der Waals surface area contributed by atoms with Crippen LogP contribution in [-0.4, -0.2) is 6.54 Å². The van der Waals surface area contributed by atoms with Gasteiger partial charge in [-0.15, -0.1) is 11.8 Å². The van der Waals surface area contributed by atoms with E-state index in [1.807, 2.05) is 18.2 Å². The van der Waals surface area contributed by atoms with Crippen LogP contribution >= 0.6 is 11.8 Å². The summed E-state index contributed by atoms with van der Waals surface area (Å²) in [5.41, 5.74) is 6.20. The van der Waals surface area contributed by atoms with Crippen LogP contribution in [0.15, 0.2) is 45.9 Å². The molecule has 0 fully saturated rings. The molecule has 1 heterocycles. The minimum atomic E-state index is -0.181. The van der Waals surface area contributed by atoms with E-state index in [1.54, 1.807) is 24.1 Å². The van der Waals surface area contributed by atoms with Gasteiger partial charge in [0.15, 0.2) is 0 Å². The van der Waals surface area contributed by atoms with Crippen molar-refractivity contribution in [1.29, 1.82) is 0 Å². The lowest BCUT2D eigenvalue weighted by atomic mass is 10.1. The van der Waals surface area contributed by atoms with Crippen molar-refractivity contribution in [2.45, 2.75) is 17.1 Å². The highest BCUT2D eigenvalue weighted by atomic mass is 32.2. The van der Waals surface area contributed by atoms with Crippen molar-refractivity contribution in [3.8, 4) is 0 Å². The van der Waals surface area contributed by atoms with E-state index >= 15 is 0 Å². The van der Waals surface area contributed by atoms with Crippen LogP contribution in [0.3, 0.4) is 0 Å². The van der Waals surface area contributed by atoms with Crippen molar-refractivity contribution in [1.82, 2.24) is 0 Å². The molecule has 0 amide bonds. The standard InChI is InChI=1S/C13H14FNOS/c14-12-4-1-5-13(11(12)6-7-15)17-9-10-3-2-8-16-10/h1-5,8H,6-7,9,15H2. The molecule has 0 aliphatic heterocycles. The molecule has 1 aromatic carbocycles. The lowest BCUT2D eigenvalue weighted by Crippen LogP contribution is -2.05. The number of rotatable bonds is 5. The molecule has 0 aliphatic rings. The first-order valence-electron chi connectivity index (χ1n) is 5.44. The summed E-state index contributed by atoms with van der Waals surface area (Å²) in [6, 6.07) is 8.88. The fourth-order valence-corrected chi connectivity index (χ4v) is 2.62. The molecule has 2 aromatic rings. The van der Waals surface area contributed by atoms with Crippen LogP contribution in [-0.2, 0) is 12.2 Å². The van der Waals surface area contributed by atoms with Gasteiger partial charge in [0.1, 0.15) is 11.6 Å². The SMILES string of the molecule is NCCc1c(F)cccc1SCc1ccco1. The molecule has 0 radical (unpaired) electrons. The van der Waals surface area contributed by atoms with Gasteiger partial charge in [-0.1, -0.05) is 6.07 Å². The van der Waals surface area contributed by atoms with Gasteiger partial charge in [-0.3, -0.25) is 0 Å². The Bertz CT molecular complexity index is 470. The Morgan fingerprint density at radius 3 is 2.82 bits per heavy atom. The maximum atomic E-state index is 13.6. The van der Waals surface area contributed by atoms with Crippen LogP contribution in [0.4, 0.5) is 4.39 Å². The van der Waals surface area contributed by atoms with Crippen LogP contribution in [0.25, 0.3) is 0 Å². The average molecular weight is 251 g/mol. The molecule has 2 N–H and O–H groups in total. The predicted molar refractivity (Wildman–Crippen MR) is 67.4 cm³/mol. The van der Waals surface area contributed by atoms with E-state index in [2.05, 4.69) is 0 Å². The molecule has 0 bridgehead atoms. The largest absolute Gasteiger partial charge is 0.468 e. The smallest absolute Gasteiger partial charge is 0.127 e. The maximum Gasteiger partial charge on any atom is 0.127 e. The first-order valence-corrected chi connectivity index (χ1v) is 6.42. The van der Waals surface area contributed by atoms with Gasteiger partial charge < -0.3 is 10.2 Å². The normalized spacial score (nSPS) is 10.7. The summed E-state index contributed by atoms with van der Waals surface area (Å²) in [6.07, 6.45) is 2.20. The highest BCUT2D eigenvalue weighted by Crippen LogP contribution is 2.28. The van der Waals surface area contributed by atoms with Crippen LogP contribution in [0, 0.1) is 5.82 Å². The van der Waals surface area contributed by atoms with E-state index in [0.717, 1.165) is 10.7 Å². The number of benzene rings is 1. The Kier molecular flexibility index (Phi) is 4.23. The monoisotopic (exact) mass is 251 g/mol. The third kappa shape index (κ3) is 3.11. The first kappa shape index (κ1) is 12.2. The van der Waals surface area contributed by atoms with Crippen LogP contribution in [0.2, 0.25) is 0 Å². The van der Waals surface area contributed by atoms with Gasteiger partial charge in [-0.2, -0.15) is 0 Å². The molecule has 4 heteroatoms.